The molecule has 0 spiro atoms. The number of hydrogen-bond acceptors (Lipinski definition) is 6. The van der Waals surface area contributed by atoms with Gasteiger partial charge in [-0.15, -0.1) is 5.10 Å². The van der Waals surface area contributed by atoms with Gasteiger partial charge >= 0.3 is 6.18 Å². The minimum atomic E-state index is -4.55. The molecule has 1 fully saturated rings. The van der Waals surface area contributed by atoms with Crippen molar-refractivity contribution in [2.24, 2.45) is 0 Å². The Morgan fingerprint density at radius 2 is 1.79 bits per heavy atom. The summed E-state index contributed by atoms with van der Waals surface area (Å²) in [6.07, 6.45) is -4.55. The van der Waals surface area contributed by atoms with Crippen LogP contribution in [-0.2, 0) is 22.3 Å². The molecule has 1 aliphatic rings. The topological polar surface area (TPSA) is 96.2 Å². The van der Waals surface area contributed by atoms with Crippen LogP contribution in [0.4, 0.5) is 18.9 Å². The number of nitrogens with one attached hydrogen (secondary N) is 1. The number of amides is 2. The third kappa shape index (κ3) is 5.28. The highest BCUT2D eigenvalue weighted by molar-refractivity contribution is 5.93. The van der Waals surface area contributed by atoms with Crippen LogP contribution < -0.4 is 5.32 Å². The molecule has 3 rings (SSSR count). The summed E-state index contributed by atoms with van der Waals surface area (Å²) in [6, 6.07) is 4.85. The van der Waals surface area contributed by atoms with E-state index in [4.69, 9.17) is 0 Å². The van der Waals surface area contributed by atoms with Crippen molar-refractivity contribution in [2.75, 3.05) is 38.0 Å². The third-order valence-electron chi connectivity index (χ3n) is 4.59. The Kier molecular flexibility index (Phi) is 6.11. The zero-order valence-corrected chi connectivity index (χ0v) is 15.7. The van der Waals surface area contributed by atoms with Crippen molar-refractivity contribution in [3.8, 4) is 0 Å². The minimum Gasteiger partial charge on any atom is -0.339 e. The van der Waals surface area contributed by atoms with E-state index >= 15 is 0 Å². The second kappa shape index (κ2) is 8.55. The molecular formula is C17H20F3N7O2. The summed E-state index contributed by atoms with van der Waals surface area (Å²) in [5.41, 5.74) is -1.16. The average molecular weight is 411 g/mol. The van der Waals surface area contributed by atoms with Gasteiger partial charge in [-0.25, -0.2) is 4.68 Å². The second-order valence-corrected chi connectivity index (χ2v) is 6.63. The largest absolute Gasteiger partial charge is 0.418 e. The summed E-state index contributed by atoms with van der Waals surface area (Å²) in [4.78, 5) is 28.0. The van der Waals surface area contributed by atoms with Crippen molar-refractivity contribution >= 4 is 17.5 Å². The monoisotopic (exact) mass is 411 g/mol. The van der Waals surface area contributed by atoms with Crippen molar-refractivity contribution in [2.45, 2.75) is 19.6 Å². The van der Waals surface area contributed by atoms with Gasteiger partial charge in [0.15, 0.2) is 0 Å². The van der Waals surface area contributed by atoms with E-state index in [-0.39, 0.29) is 24.7 Å². The molecule has 0 radical (unpaired) electrons. The van der Waals surface area contributed by atoms with E-state index in [2.05, 4.69) is 20.8 Å². The van der Waals surface area contributed by atoms with Gasteiger partial charge < -0.3 is 10.2 Å². The fourth-order valence-electron chi connectivity index (χ4n) is 3.01. The number of tetrazole rings is 1. The normalized spacial score (nSPS) is 15.4. The fraction of sp³-hybridized carbons (Fsp3) is 0.471. The molecule has 0 bridgehead atoms. The highest BCUT2D eigenvalue weighted by Gasteiger charge is 2.33. The zero-order valence-electron chi connectivity index (χ0n) is 15.7. The molecular weight excluding hydrogens is 391 g/mol. The minimum absolute atomic E-state index is 0.0353. The Morgan fingerprint density at radius 3 is 2.41 bits per heavy atom. The molecule has 1 aliphatic heterocycles. The third-order valence-corrected chi connectivity index (χ3v) is 4.59. The predicted molar refractivity (Wildman–Crippen MR) is 95.6 cm³/mol. The van der Waals surface area contributed by atoms with Crippen molar-refractivity contribution in [1.82, 2.24) is 30.0 Å². The molecule has 0 aliphatic carbocycles. The number of carbonyl (C=O) groups is 2. The maximum Gasteiger partial charge on any atom is 0.418 e. The zero-order chi connectivity index (χ0) is 21.0. The SMILES string of the molecule is Cc1nnnn1CC(=O)N1CCN(CC(=O)Nc2ccccc2C(F)(F)F)CC1. The highest BCUT2D eigenvalue weighted by atomic mass is 19.4. The smallest absolute Gasteiger partial charge is 0.339 e. The average Bonchev–Trinajstić information content (AvgIpc) is 3.06. The number of hydrogen-bond donors (Lipinski definition) is 1. The summed E-state index contributed by atoms with van der Waals surface area (Å²) in [7, 11) is 0. The number of benzene rings is 1. The van der Waals surface area contributed by atoms with E-state index in [1.54, 1.807) is 16.7 Å². The number of rotatable bonds is 5. The lowest BCUT2D eigenvalue weighted by molar-refractivity contribution is -0.137. The Labute approximate surface area is 164 Å². The van der Waals surface area contributed by atoms with Crippen molar-refractivity contribution in [3.05, 3.63) is 35.7 Å². The molecule has 1 N–H and O–H groups in total. The van der Waals surface area contributed by atoms with E-state index < -0.39 is 17.6 Å². The number of halogens is 3. The van der Waals surface area contributed by atoms with Gasteiger partial charge in [0, 0.05) is 26.2 Å². The standard InChI is InChI=1S/C17H20F3N7O2/c1-12-22-23-24-27(12)11-16(29)26-8-6-25(7-9-26)10-15(28)21-14-5-3-2-4-13(14)17(18,19)20/h2-5H,6-11H2,1H3,(H,21,28). The van der Waals surface area contributed by atoms with Crippen LogP contribution in [0.2, 0.25) is 0 Å². The molecule has 0 saturated carbocycles. The van der Waals surface area contributed by atoms with E-state index in [9.17, 15) is 22.8 Å². The van der Waals surface area contributed by atoms with Crippen molar-refractivity contribution in [1.29, 1.82) is 0 Å². The molecule has 1 aromatic heterocycles. The summed E-state index contributed by atoms with van der Waals surface area (Å²) in [6.45, 7) is 3.37. The first-order valence-corrected chi connectivity index (χ1v) is 8.93. The van der Waals surface area contributed by atoms with Gasteiger partial charge in [-0.05, 0) is 29.5 Å². The number of piperazine rings is 1. The molecule has 1 saturated heterocycles. The van der Waals surface area contributed by atoms with Crippen LogP contribution in [0, 0.1) is 6.92 Å². The van der Waals surface area contributed by atoms with Crippen LogP contribution in [0.5, 0.6) is 0 Å². The first-order chi connectivity index (χ1) is 13.7. The van der Waals surface area contributed by atoms with Gasteiger partial charge in [0.2, 0.25) is 11.8 Å². The van der Waals surface area contributed by atoms with Crippen molar-refractivity contribution < 1.29 is 22.8 Å². The molecule has 2 amide bonds. The quantitative estimate of drug-likeness (QED) is 0.781. The van der Waals surface area contributed by atoms with Gasteiger partial charge in [-0.2, -0.15) is 13.2 Å². The lowest BCUT2D eigenvalue weighted by Gasteiger charge is -2.34. The lowest BCUT2D eigenvalue weighted by atomic mass is 10.1. The van der Waals surface area contributed by atoms with Gasteiger partial charge in [0.05, 0.1) is 17.8 Å². The molecule has 12 heteroatoms. The molecule has 1 aromatic carbocycles. The molecule has 156 valence electrons. The number of carbonyl (C=O) groups excluding carboxylic acids is 2. The van der Waals surface area contributed by atoms with E-state index in [0.29, 0.717) is 32.0 Å². The Balaban J connectivity index is 1.49. The van der Waals surface area contributed by atoms with Crippen LogP contribution in [0.15, 0.2) is 24.3 Å². The molecule has 0 atom stereocenters. The van der Waals surface area contributed by atoms with E-state index in [1.807, 2.05) is 0 Å². The maximum atomic E-state index is 13.0. The first kappa shape index (κ1) is 20.7. The van der Waals surface area contributed by atoms with Gasteiger partial charge in [0.25, 0.3) is 0 Å². The number of para-hydroxylation sites is 1. The Morgan fingerprint density at radius 1 is 1.10 bits per heavy atom. The first-order valence-electron chi connectivity index (χ1n) is 8.93. The maximum absolute atomic E-state index is 13.0. The Bertz CT molecular complexity index is 876. The number of anilines is 1. The summed E-state index contributed by atoms with van der Waals surface area (Å²) in [5.74, 6) is -0.137. The molecule has 0 unspecified atom stereocenters. The molecule has 9 nitrogen and oxygen atoms in total. The van der Waals surface area contributed by atoms with Crippen LogP contribution in [-0.4, -0.2) is 74.5 Å². The predicted octanol–water partition coefficient (Wildman–Crippen LogP) is 0.783. The van der Waals surface area contributed by atoms with E-state index in [1.165, 1.54) is 22.9 Å². The number of alkyl halides is 3. The van der Waals surface area contributed by atoms with Crippen LogP contribution in [0.25, 0.3) is 0 Å². The van der Waals surface area contributed by atoms with Gasteiger partial charge in [0.1, 0.15) is 12.4 Å². The number of nitrogens with zero attached hydrogens (tertiary/aromatic N) is 6. The summed E-state index contributed by atoms with van der Waals surface area (Å²) >= 11 is 0. The molecule has 29 heavy (non-hydrogen) atoms. The van der Waals surface area contributed by atoms with Gasteiger partial charge in [-0.3, -0.25) is 14.5 Å². The summed E-state index contributed by atoms with van der Waals surface area (Å²) < 4.78 is 40.5. The number of aryl methyl sites for hydroxylation is 1. The van der Waals surface area contributed by atoms with Crippen LogP contribution >= 0.6 is 0 Å². The van der Waals surface area contributed by atoms with E-state index in [0.717, 1.165) is 6.07 Å². The fourth-order valence-corrected chi connectivity index (χ4v) is 3.01. The van der Waals surface area contributed by atoms with Gasteiger partial charge in [-0.1, -0.05) is 12.1 Å². The number of aromatic nitrogens is 4. The van der Waals surface area contributed by atoms with Crippen LogP contribution in [0.3, 0.4) is 0 Å². The van der Waals surface area contributed by atoms with Crippen LogP contribution in [0.1, 0.15) is 11.4 Å². The second-order valence-electron chi connectivity index (χ2n) is 6.63. The molecule has 2 aromatic rings. The lowest BCUT2D eigenvalue weighted by Crippen LogP contribution is -2.51. The highest BCUT2D eigenvalue weighted by Crippen LogP contribution is 2.34. The van der Waals surface area contributed by atoms with Crippen molar-refractivity contribution in [3.63, 3.8) is 0 Å². The summed E-state index contributed by atoms with van der Waals surface area (Å²) in [5, 5.41) is 13.3. The molecule has 2 heterocycles. The Hall–Kier alpha value is -3.02.